The second-order valence-corrected chi connectivity index (χ2v) is 11.7. The molecule has 2 amide bonds. The minimum absolute atomic E-state index is 0.0437. The van der Waals surface area contributed by atoms with Crippen LogP contribution in [0.1, 0.15) is 58.9 Å². The largest absolute Gasteiger partial charge is 0.445 e. The number of nitrogens with zero attached hydrogens (tertiary/aromatic N) is 2. The second kappa shape index (κ2) is 15.0. The number of methoxy groups -OCH3 is 1. The van der Waals surface area contributed by atoms with E-state index in [0.717, 1.165) is 25.3 Å². The molecule has 0 aliphatic carbocycles. The van der Waals surface area contributed by atoms with E-state index in [0.29, 0.717) is 38.3 Å². The minimum Gasteiger partial charge on any atom is -0.445 e. The van der Waals surface area contributed by atoms with E-state index in [-0.39, 0.29) is 47.1 Å². The molecule has 3 aromatic rings. The van der Waals surface area contributed by atoms with Gasteiger partial charge in [0.1, 0.15) is 17.9 Å². The number of aliphatic hydroxyl groups is 1. The molecule has 1 aromatic heterocycles. The number of likely N-dealkylation sites (tertiary alicyclic amines) is 1. The smallest absolute Gasteiger partial charge is 0.254 e. The number of hydrogen-bond acceptors (Lipinski definition) is 8. The van der Waals surface area contributed by atoms with Gasteiger partial charge < -0.3 is 34.5 Å². The lowest BCUT2D eigenvalue weighted by Gasteiger charge is -2.29. The zero-order valence-electron chi connectivity index (χ0n) is 25.5. The lowest BCUT2D eigenvalue weighted by Crippen LogP contribution is -2.52. The maximum Gasteiger partial charge on any atom is 0.254 e. The van der Waals surface area contributed by atoms with Crippen molar-refractivity contribution in [3.8, 4) is 11.5 Å². The summed E-state index contributed by atoms with van der Waals surface area (Å²) in [6.07, 6.45) is 4.61. The fraction of sp³-hybridized carbons (Fsp3) is 0.485. The van der Waals surface area contributed by atoms with Gasteiger partial charge in [0.25, 0.3) is 11.8 Å². The predicted molar refractivity (Wildman–Crippen MR) is 162 cm³/mol. The van der Waals surface area contributed by atoms with Gasteiger partial charge in [0.2, 0.25) is 5.89 Å². The number of halogens is 2. The van der Waals surface area contributed by atoms with Crippen LogP contribution in [0.2, 0.25) is 0 Å². The fourth-order valence-electron chi connectivity index (χ4n) is 6.18. The standard InChI is InChI=1S/C33H40F2N4O6/c1-3-8-44-27-17-28(37-18-27)30(40)29(12-20-10-24(34)16-25(35)11-20)38-31(41)21-13-22(32-36-6-9-45-32)15-23(14-21)33(42)39-7-4-5-26(39)19-43-2/h6,9-11,13-16,26-30,37,40H,3-5,7-8,12,17-19H2,1-2H3,(H,38,41)/t26-,27-,28-,29+,30+/m1/s1. The Hall–Kier alpha value is -3.71. The first-order valence-corrected chi connectivity index (χ1v) is 15.4. The molecule has 242 valence electrons. The van der Waals surface area contributed by atoms with Crippen molar-refractivity contribution in [2.24, 2.45) is 0 Å². The number of aromatic nitrogens is 1. The van der Waals surface area contributed by atoms with Crippen molar-refractivity contribution >= 4 is 11.8 Å². The van der Waals surface area contributed by atoms with Gasteiger partial charge in [-0.05, 0) is 68.0 Å². The Kier molecular flexibility index (Phi) is 10.9. The van der Waals surface area contributed by atoms with Gasteiger partial charge in [-0.25, -0.2) is 13.8 Å². The summed E-state index contributed by atoms with van der Waals surface area (Å²) in [5.74, 6) is -2.12. The van der Waals surface area contributed by atoms with E-state index in [2.05, 4.69) is 15.6 Å². The Morgan fingerprint density at radius 2 is 1.96 bits per heavy atom. The van der Waals surface area contributed by atoms with Gasteiger partial charge >= 0.3 is 0 Å². The zero-order valence-corrected chi connectivity index (χ0v) is 25.5. The van der Waals surface area contributed by atoms with Gasteiger partial charge in [-0.2, -0.15) is 0 Å². The highest BCUT2D eigenvalue weighted by molar-refractivity contribution is 6.01. The van der Waals surface area contributed by atoms with Crippen LogP contribution in [-0.2, 0) is 15.9 Å². The van der Waals surface area contributed by atoms with Crippen LogP contribution < -0.4 is 10.6 Å². The van der Waals surface area contributed by atoms with Gasteiger partial charge in [-0.1, -0.05) is 6.92 Å². The second-order valence-electron chi connectivity index (χ2n) is 11.7. The summed E-state index contributed by atoms with van der Waals surface area (Å²) in [6, 6.07) is 6.37. The van der Waals surface area contributed by atoms with E-state index in [1.165, 1.54) is 30.7 Å². The maximum atomic E-state index is 14.1. The van der Waals surface area contributed by atoms with Crippen LogP contribution in [0, 0.1) is 11.6 Å². The van der Waals surface area contributed by atoms with Crippen molar-refractivity contribution in [3.05, 3.63) is 77.2 Å². The van der Waals surface area contributed by atoms with Crippen molar-refractivity contribution in [1.29, 1.82) is 0 Å². The Labute approximate surface area is 261 Å². The molecule has 2 fully saturated rings. The van der Waals surface area contributed by atoms with Crippen LogP contribution in [-0.4, -0.2) is 90.6 Å². The Morgan fingerprint density at radius 1 is 1.18 bits per heavy atom. The molecule has 5 atom stereocenters. The molecular formula is C33H40F2N4O6. The molecule has 3 heterocycles. The SMILES string of the molecule is CCCO[C@H]1CN[C@@H]([C@H](O)[C@H](Cc2cc(F)cc(F)c2)NC(=O)c2cc(C(=O)N3CCC[C@@H]3COC)cc(-c3ncco3)c2)C1. The van der Waals surface area contributed by atoms with E-state index < -0.39 is 35.7 Å². The average Bonchev–Trinajstić information content (AvgIpc) is 3.81. The number of benzene rings is 2. The summed E-state index contributed by atoms with van der Waals surface area (Å²) in [7, 11) is 1.59. The Bertz CT molecular complexity index is 1430. The molecule has 12 heteroatoms. The lowest BCUT2D eigenvalue weighted by molar-refractivity contribution is 0.0514. The summed E-state index contributed by atoms with van der Waals surface area (Å²) < 4.78 is 44.8. The first-order chi connectivity index (χ1) is 21.7. The van der Waals surface area contributed by atoms with Crippen LogP contribution in [0.25, 0.3) is 11.5 Å². The van der Waals surface area contributed by atoms with Crippen molar-refractivity contribution in [1.82, 2.24) is 20.5 Å². The predicted octanol–water partition coefficient (Wildman–Crippen LogP) is 3.73. The third-order valence-corrected chi connectivity index (χ3v) is 8.32. The van der Waals surface area contributed by atoms with Crippen LogP contribution in [0.4, 0.5) is 8.78 Å². The Morgan fingerprint density at radius 3 is 2.67 bits per heavy atom. The van der Waals surface area contributed by atoms with Crippen molar-refractivity contribution < 1.29 is 37.4 Å². The number of ether oxygens (including phenoxy) is 2. The van der Waals surface area contributed by atoms with Crippen LogP contribution >= 0.6 is 0 Å². The number of oxazole rings is 1. The molecule has 2 aliphatic rings. The van der Waals surface area contributed by atoms with Crippen LogP contribution in [0.15, 0.2) is 53.3 Å². The van der Waals surface area contributed by atoms with Crippen LogP contribution in [0.3, 0.4) is 0 Å². The number of rotatable bonds is 13. The summed E-state index contributed by atoms with van der Waals surface area (Å²) in [5.41, 5.74) is 1.12. The molecule has 10 nitrogen and oxygen atoms in total. The number of carbonyl (C=O) groups is 2. The van der Waals surface area contributed by atoms with Crippen molar-refractivity contribution in [2.75, 3.05) is 33.4 Å². The summed E-state index contributed by atoms with van der Waals surface area (Å²) in [6.45, 7) is 4.09. The van der Waals surface area contributed by atoms with Gasteiger partial charge in [-0.15, -0.1) is 0 Å². The number of hydrogen-bond donors (Lipinski definition) is 3. The van der Waals surface area contributed by atoms with E-state index in [9.17, 15) is 23.5 Å². The number of nitrogens with one attached hydrogen (secondary N) is 2. The summed E-state index contributed by atoms with van der Waals surface area (Å²) in [5, 5.41) is 17.6. The lowest BCUT2D eigenvalue weighted by atomic mass is 9.94. The van der Waals surface area contributed by atoms with Gasteiger partial charge in [0, 0.05) is 55.6 Å². The number of amides is 2. The number of aliphatic hydroxyl groups excluding tert-OH is 1. The molecule has 2 aromatic carbocycles. The first-order valence-electron chi connectivity index (χ1n) is 15.4. The number of carbonyl (C=O) groups excluding carboxylic acids is 2. The monoisotopic (exact) mass is 626 g/mol. The minimum atomic E-state index is -1.12. The third kappa shape index (κ3) is 8.12. The topological polar surface area (TPSA) is 126 Å². The highest BCUT2D eigenvalue weighted by Crippen LogP contribution is 2.26. The average molecular weight is 627 g/mol. The molecule has 0 radical (unpaired) electrons. The highest BCUT2D eigenvalue weighted by atomic mass is 19.1. The quantitative estimate of drug-likeness (QED) is 0.262. The van der Waals surface area contributed by atoms with Crippen molar-refractivity contribution in [2.45, 2.75) is 69.4 Å². The summed E-state index contributed by atoms with van der Waals surface area (Å²) in [4.78, 5) is 33.5. The Balaban J connectivity index is 1.43. The molecule has 45 heavy (non-hydrogen) atoms. The molecule has 0 unspecified atom stereocenters. The zero-order chi connectivity index (χ0) is 31.9. The maximum absolute atomic E-state index is 14.1. The molecule has 5 rings (SSSR count). The van der Waals surface area contributed by atoms with Crippen molar-refractivity contribution in [3.63, 3.8) is 0 Å². The molecule has 0 spiro atoms. The van der Waals surface area contributed by atoms with Gasteiger partial charge in [-0.3, -0.25) is 9.59 Å². The third-order valence-electron chi connectivity index (χ3n) is 8.32. The van der Waals surface area contributed by atoms with Crippen LogP contribution in [0.5, 0.6) is 0 Å². The molecule has 2 saturated heterocycles. The summed E-state index contributed by atoms with van der Waals surface area (Å²) >= 11 is 0. The van der Waals surface area contributed by atoms with E-state index >= 15 is 0 Å². The van der Waals surface area contributed by atoms with E-state index in [1.54, 1.807) is 24.1 Å². The van der Waals surface area contributed by atoms with Gasteiger partial charge in [0.15, 0.2) is 0 Å². The van der Waals surface area contributed by atoms with E-state index in [4.69, 9.17) is 13.9 Å². The van der Waals surface area contributed by atoms with Gasteiger partial charge in [0.05, 0.1) is 37.1 Å². The first kappa shape index (κ1) is 32.7. The van der Waals surface area contributed by atoms with E-state index in [1.807, 2.05) is 6.92 Å². The fourth-order valence-corrected chi connectivity index (χ4v) is 6.18. The molecular weight excluding hydrogens is 586 g/mol. The molecule has 3 N–H and O–H groups in total. The highest BCUT2D eigenvalue weighted by Gasteiger charge is 2.36. The normalized spacial score (nSPS) is 21.2. The molecule has 0 saturated carbocycles. The molecule has 2 aliphatic heterocycles. The molecule has 0 bridgehead atoms.